The summed E-state index contributed by atoms with van der Waals surface area (Å²) in [5.41, 5.74) is 0. The van der Waals surface area contributed by atoms with Gasteiger partial charge in [0.05, 0.1) is 24.2 Å². The molecule has 0 aromatic carbocycles. The van der Waals surface area contributed by atoms with Crippen molar-refractivity contribution in [2.24, 2.45) is 0 Å². The molecule has 2 rings (SSSR count). The van der Waals surface area contributed by atoms with E-state index >= 15 is 0 Å². The van der Waals surface area contributed by atoms with E-state index in [1.165, 1.54) is 6.08 Å². The maximum absolute atomic E-state index is 12.5. The zero-order valence-electron chi connectivity index (χ0n) is 7.59. The van der Waals surface area contributed by atoms with Crippen molar-refractivity contribution in [2.45, 2.75) is 6.04 Å². The molecule has 0 saturated carbocycles. The molecule has 80 valence electrons. The standard InChI is InChI=1S/C8H8FN3O2S/c9-6-3-10-8(11-4-6)12-7-1-2-15(13,14)5-7/h1-4,7H,5H2,(H,10,11,12). The lowest BCUT2D eigenvalue weighted by Crippen LogP contribution is -2.22. The molecule has 0 aliphatic carbocycles. The van der Waals surface area contributed by atoms with Gasteiger partial charge in [0, 0.05) is 5.41 Å². The van der Waals surface area contributed by atoms with Crippen LogP contribution in [0.25, 0.3) is 0 Å². The van der Waals surface area contributed by atoms with Gasteiger partial charge >= 0.3 is 0 Å². The van der Waals surface area contributed by atoms with Gasteiger partial charge in [0.25, 0.3) is 0 Å². The molecular formula is C8H8FN3O2S. The fraction of sp³-hybridized carbons (Fsp3) is 0.250. The minimum Gasteiger partial charge on any atom is -0.347 e. The lowest BCUT2D eigenvalue weighted by atomic mass is 10.3. The maximum Gasteiger partial charge on any atom is 0.223 e. The molecule has 0 amide bonds. The zero-order chi connectivity index (χ0) is 10.9. The first-order valence-electron chi connectivity index (χ1n) is 4.20. The molecule has 1 aromatic heterocycles. The number of halogens is 1. The molecule has 1 atom stereocenters. The summed E-state index contributed by atoms with van der Waals surface area (Å²) < 4.78 is 34.6. The normalized spacial score (nSPS) is 22.9. The lowest BCUT2D eigenvalue weighted by molar-refractivity contribution is 0.604. The van der Waals surface area contributed by atoms with Crippen LogP contribution < -0.4 is 5.32 Å². The Bertz CT molecular complexity index is 483. The second kappa shape index (κ2) is 3.58. The molecule has 0 spiro atoms. The maximum atomic E-state index is 12.5. The summed E-state index contributed by atoms with van der Waals surface area (Å²) in [4.78, 5) is 7.33. The van der Waals surface area contributed by atoms with Crippen molar-refractivity contribution in [1.82, 2.24) is 9.97 Å². The van der Waals surface area contributed by atoms with E-state index in [1.54, 1.807) is 0 Å². The number of hydrogen-bond acceptors (Lipinski definition) is 5. The summed E-state index contributed by atoms with van der Waals surface area (Å²) in [6, 6.07) is -0.347. The Morgan fingerprint density at radius 2 is 2.07 bits per heavy atom. The van der Waals surface area contributed by atoms with Crippen molar-refractivity contribution in [3.63, 3.8) is 0 Å². The topological polar surface area (TPSA) is 72.0 Å². The van der Waals surface area contributed by atoms with Crippen LogP contribution in [0.1, 0.15) is 0 Å². The van der Waals surface area contributed by atoms with E-state index in [4.69, 9.17) is 0 Å². The van der Waals surface area contributed by atoms with Crippen LogP contribution in [-0.4, -0.2) is 30.2 Å². The third-order valence-electron chi connectivity index (χ3n) is 1.86. The van der Waals surface area contributed by atoms with Gasteiger partial charge in [-0.05, 0) is 6.08 Å². The number of nitrogens with one attached hydrogen (secondary N) is 1. The third-order valence-corrected chi connectivity index (χ3v) is 3.26. The van der Waals surface area contributed by atoms with E-state index in [9.17, 15) is 12.8 Å². The van der Waals surface area contributed by atoms with Crippen molar-refractivity contribution in [3.8, 4) is 0 Å². The Hall–Kier alpha value is -1.50. The van der Waals surface area contributed by atoms with Crippen LogP contribution >= 0.6 is 0 Å². The summed E-state index contributed by atoms with van der Waals surface area (Å²) in [7, 11) is -3.10. The van der Waals surface area contributed by atoms with Gasteiger partial charge in [0.15, 0.2) is 15.7 Å². The van der Waals surface area contributed by atoms with Crippen LogP contribution in [-0.2, 0) is 9.84 Å². The fourth-order valence-electron chi connectivity index (χ4n) is 1.22. The quantitative estimate of drug-likeness (QED) is 0.791. The Balaban J connectivity index is 2.05. The molecule has 1 aromatic rings. The highest BCUT2D eigenvalue weighted by molar-refractivity contribution is 7.94. The van der Waals surface area contributed by atoms with E-state index in [0.717, 1.165) is 17.8 Å². The fourth-order valence-corrected chi connectivity index (χ4v) is 2.45. The first-order chi connectivity index (χ1) is 7.05. The molecule has 0 saturated heterocycles. The van der Waals surface area contributed by atoms with E-state index in [0.29, 0.717) is 0 Å². The molecular weight excluding hydrogens is 221 g/mol. The molecule has 15 heavy (non-hydrogen) atoms. The average Bonchev–Trinajstić information content (AvgIpc) is 2.50. The van der Waals surface area contributed by atoms with E-state index in [-0.39, 0.29) is 17.7 Å². The van der Waals surface area contributed by atoms with Gasteiger partial charge in [-0.2, -0.15) is 0 Å². The summed E-state index contributed by atoms with van der Waals surface area (Å²) in [5, 5.41) is 3.92. The predicted molar refractivity (Wildman–Crippen MR) is 52.3 cm³/mol. The Morgan fingerprint density at radius 3 is 2.60 bits per heavy atom. The largest absolute Gasteiger partial charge is 0.347 e. The minimum absolute atomic E-state index is 0.0201. The molecule has 5 nitrogen and oxygen atoms in total. The van der Waals surface area contributed by atoms with Gasteiger partial charge in [-0.25, -0.2) is 22.8 Å². The SMILES string of the molecule is O=S1(=O)C=CC(Nc2ncc(F)cn2)C1. The van der Waals surface area contributed by atoms with Crippen molar-refractivity contribution in [1.29, 1.82) is 0 Å². The zero-order valence-corrected chi connectivity index (χ0v) is 8.41. The minimum atomic E-state index is -3.10. The van der Waals surface area contributed by atoms with Gasteiger partial charge < -0.3 is 5.32 Å². The number of aromatic nitrogens is 2. The van der Waals surface area contributed by atoms with E-state index in [2.05, 4.69) is 15.3 Å². The summed E-state index contributed by atoms with van der Waals surface area (Å²) in [5.74, 6) is -0.341. The molecule has 7 heteroatoms. The van der Waals surface area contributed by atoms with Crippen molar-refractivity contribution in [2.75, 3.05) is 11.1 Å². The van der Waals surface area contributed by atoms with Crippen LogP contribution in [0, 0.1) is 5.82 Å². The molecule has 0 bridgehead atoms. The lowest BCUT2D eigenvalue weighted by Gasteiger charge is -2.08. The van der Waals surface area contributed by atoms with Crippen LogP contribution in [0.4, 0.5) is 10.3 Å². The number of rotatable bonds is 2. The Kier molecular flexibility index (Phi) is 2.39. The highest BCUT2D eigenvalue weighted by Gasteiger charge is 2.21. The molecule has 1 aliphatic rings. The number of anilines is 1. The van der Waals surface area contributed by atoms with Crippen LogP contribution in [0.2, 0.25) is 0 Å². The van der Waals surface area contributed by atoms with Crippen LogP contribution in [0.3, 0.4) is 0 Å². The highest BCUT2D eigenvalue weighted by Crippen LogP contribution is 2.11. The number of nitrogens with zero attached hydrogens (tertiary/aromatic N) is 2. The Labute approximate surface area is 86.0 Å². The first kappa shape index (κ1) is 10.0. The summed E-state index contributed by atoms with van der Waals surface area (Å²) in [6.07, 6.45) is 3.55. The molecule has 1 N–H and O–H groups in total. The van der Waals surface area contributed by atoms with E-state index < -0.39 is 15.7 Å². The van der Waals surface area contributed by atoms with E-state index in [1.807, 2.05) is 0 Å². The smallest absolute Gasteiger partial charge is 0.223 e. The second-order valence-corrected chi connectivity index (χ2v) is 5.06. The van der Waals surface area contributed by atoms with Crippen LogP contribution in [0.5, 0.6) is 0 Å². The second-order valence-electron chi connectivity index (χ2n) is 3.13. The van der Waals surface area contributed by atoms with Gasteiger partial charge in [0.2, 0.25) is 5.95 Å². The molecule has 1 unspecified atom stereocenters. The number of hydrogen-bond donors (Lipinski definition) is 1. The van der Waals surface area contributed by atoms with Gasteiger partial charge in [-0.1, -0.05) is 0 Å². The van der Waals surface area contributed by atoms with Crippen molar-refractivity contribution >= 4 is 15.8 Å². The van der Waals surface area contributed by atoms with Crippen LogP contribution in [0.15, 0.2) is 23.9 Å². The van der Waals surface area contributed by atoms with Gasteiger partial charge in [-0.3, -0.25) is 0 Å². The number of sulfone groups is 1. The van der Waals surface area contributed by atoms with Gasteiger partial charge in [-0.15, -0.1) is 0 Å². The monoisotopic (exact) mass is 229 g/mol. The Morgan fingerprint density at radius 1 is 1.40 bits per heavy atom. The summed E-state index contributed by atoms with van der Waals surface area (Å²) in [6.45, 7) is 0. The third kappa shape index (κ3) is 2.50. The molecule has 0 fully saturated rings. The summed E-state index contributed by atoms with van der Waals surface area (Å²) >= 11 is 0. The molecule has 1 aliphatic heterocycles. The highest BCUT2D eigenvalue weighted by atomic mass is 32.2. The first-order valence-corrected chi connectivity index (χ1v) is 5.92. The van der Waals surface area contributed by atoms with Crippen molar-refractivity contribution < 1.29 is 12.8 Å². The molecule has 2 heterocycles. The predicted octanol–water partition coefficient (Wildman–Crippen LogP) is 0.338. The van der Waals surface area contributed by atoms with Crippen molar-refractivity contribution in [3.05, 3.63) is 29.7 Å². The average molecular weight is 229 g/mol. The molecule has 0 radical (unpaired) electrons. The van der Waals surface area contributed by atoms with Gasteiger partial charge in [0.1, 0.15) is 0 Å².